The summed E-state index contributed by atoms with van der Waals surface area (Å²) in [6.45, 7) is 0. The second-order valence-corrected chi connectivity index (χ2v) is 6.04. The van der Waals surface area contributed by atoms with Crippen molar-refractivity contribution in [3.63, 3.8) is 0 Å². The van der Waals surface area contributed by atoms with Gasteiger partial charge in [0.1, 0.15) is 27.6 Å². The zero-order chi connectivity index (χ0) is 5.70. The van der Waals surface area contributed by atoms with Crippen molar-refractivity contribution in [2.45, 2.75) is 0 Å². The second-order valence-electron chi connectivity index (χ2n) is 0.671. The third-order valence-electron chi connectivity index (χ3n) is 0.335. The summed E-state index contributed by atoms with van der Waals surface area (Å²) in [5, 5.41) is 0. The molecule has 29 valence electrons. The van der Waals surface area contributed by atoms with E-state index in [0.717, 1.165) is 0 Å². The van der Waals surface area contributed by atoms with Crippen LogP contribution in [0.15, 0.2) is 0 Å². The first kappa shape index (κ1) is 8.26. The van der Waals surface area contributed by atoms with Crippen LogP contribution in [0.25, 0.3) is 0 Å². The van der Waals surface area contributed by atoms with E-state index in [4.69, 9.17) is 0 Å². The lowest BCUT2D eigenvalue weighted by molar-refractivity contribution is 1.15. The van der Waals surface area contributed by atoms with Crippen molar-refractivity contribution < 1.29 is 0 Å². The Labute approximate surface area is 61.0 Å². The Morgan fingerprint density at radius 3 is 1.14 bits per heavy atom. The number of hydrogen-bond acceptors (Lipinski definition) is 1. The minimum absolute atomic E-state index is 0.715. The molecule has 7 heteroatoms. The van der Waals surface area contributed by atoms with E-state index in [2.05, 4.69) is 33.2 Å². The Morgan fingerprint density at radius 2 is 1.14 bits per heavy atom. The standard InChI is InChI=1S/NSi6/c2-5-1(6-3)7-4. The van der Waals surface area contributed by atoms with Gasteiger partial charge in [0.15, 0.2) is 0 Å². The minimum Gasteiger partial charge on any atom is -0.383 e. The fourth-order valence-electron chi connectivity index (χ4n) is 0.0839. The van der Waals surface area contributed by atoms with Gasteiger partial charge in [0.2, 0.25) is 0 Å². The van der Waals surface area contributed by atoms with Crippen LogP contribution >= 0.6 is 0 Å². The van der Waals surface area contributed by atoms with Crippen molar-refractivity contribution >= 4 is 56.9 Å². The first-order chi connectivity index (χ1) is 3.35. The van der Waals surface area contributed by atoms with Gasteiger partial charge in [-0.25, -0.2) is 0 Å². The van der Waals surface area contributed by atoms with E-state index >= 15 is 0 Å². The van der Waals surface area contributed by atoms with Crippen LogP contribution in [0.3, 0.4) is 0 Å². The zero-order valence-corrected chi connectivity index (χ0v) is 9.45. The molecule has 0 fully saturated rings. The summed E-state index contributed by atoms with van der Waals surface area (Å²) in [4.78, 5) is 0. The summed E-state index contributed by atoms with van der Waals surface area (Å²) in [6, 6.07) is 0. The molecule has 1 nitrogen and oxygen atoms in total. The first-order valence-corrected chi connectivity index (χ1v) is 8.76. The highest BCUT2D eigenvalue weighted by atomic mass is 29.2. The molecule has 7 heavy (non-hydrogen) atoms. The number of rotatable bonds is 3. The summed E-state index contributed by atoms with van der Waals surface area (Å²) in [7, 11) is 12.3. The van der Waals surface area contributed by atoms with Gasteiger partial charge in [-0.3, -0.25) is 0 Å². The van der Waals surface area contributed by atoms with E-state index in [9.17, 15) is 0 Å². The molecule has 0 aromatic heterocycles. The van der Waals surface area contributed by atoms with E-state index in [1.165, 1.54) is 0 Å². The van der Waals surface area contributed by atoms with Gasteiger partial charge < -0.3 is 3.90 Å². The smallest absolute Gasteiger partial charge is 0.100 e. The molecule has 0 N–H and O–H groups in total. The Hall–Kier alpha value is 1.26. The molecule has 0 aromatic carbocycles. The van der Waals surface area contributed by atoms with Crippen molar-refractivity contribution in [2.24, 2.45) is 0 Å². The Bertz CT molecular complexity index is 25.7. The Kier molecular flexibility index (Phi) is 6.37. The minimum atomic E-state index is 0.715. The average Bonchev–Trinajstić information content (AvgIpc) is 1.72. The van der Waals surface area contributed by atoms with E-state index in [-0.39, 0.29) is 0 Å². The van der Waals surface area contributed by atoms with Crippen molar-refractivity contribution in [1.82, 2.24) is 3.90 Å². The highest BCUT2D eigenvalue weighted by molar-refractivity contribution is 7.08. The van der Waals surface area contributed by atoms with Gasteiger partial charge in [0.05, 0.1) is 0 Å². The van der Waals surface area contributed by atoms with Gasteiger partial charge in [-0.15, -0.1) is 0 Å². The Balaban J connectivity index is 2.99. The Morgan fingerprint density at radius 1 is 0.857 bits per heavy atom. The van der Waals surface area contributed by atoms with Crippen molar-refractivity contribution in [3.05, 3.63) is 0 Å². The largest absolute Gasteiger partial charge is 0.383 e. The second kappa shape index (κ2) is 5.40. The van der Waals surface area contributed by atoms with Crippen LogP contribution in [0.5, 0.6) is 0 Å². The lowest BCUT2D eigenvalue weighted by Crippen LogP contribution is -2.36. The van der Waals surface area contributed by atoms with Gasteiger partial charge in [-0.1, -0.05) is 0 Å². The van der Waals surface area contributed by atoms with Crippen LogP contribution < -0.4 is 0 Å². The lowest BCUT2D eigenvalue weighted by atomic mass is 13.8. The molecule has 0 spiro atoms. The van der Waals surface area contributed by atoms with Crippen LogP contribution in [0, 0.1) is 0 Å². The maximum Gasteiger partial charge on any atom is 0.100 e. The summed E-state index contributed by atoms with van der Waals surface area (Å²) in [5.74, 6) is 0. The summed E-state index contributed by atoms with van der Waals surface area (Å²) in [6.07, 6.45) is 0. The quantitative estimate of drug-likeness (QED) is 0.433. The van der Waals surface area contributed by atoms with Crippen LogP contribution in [0.4, 0.5) is 0 Å². The van der Waals surface area contributed by atoms with Gasteiger partial charge in [0.25, 0.3) is 0 Å². The molecule has 0 aliphatic heterocycles. The molecule has 0 aliphatic rings. The molecule has 0 saturated carbocycles. The highest BCUT2D eigenvalue weighted by Gasteiger charge is 1.93. The van der Waals surface area contributed by atoms with E-state index in [1.54, 1.807) is 0 Å². The predicted octanol–water partition coefficient (Wildman–Crippen LogP) is -2.60. The van der Waals surface area contributed by atoms with E-state index < -0.39 is 0 Å². The number of nitrogens with zero attached hydrogens (tertiary/aromatic N) is 1. The van der Waals surface area contributed by atoms with Crippen LogP contribution in [-0.4, -0.2) is 60.8 Å². The van der Waals surface area contributed by atoms with Crippen LogP contribution in [0.2, 0.25) is 0 Å². The van der Waals surface area contributed by atoms with Gasteiger partial charge >= 0.3 is 0 Å². The predicted molar refractivity (Wildman–Crippen MR) is 36.4 cm³/mol. The molecule has 0 aliphatic carbocycles. The molecule has 0 heterocycles. The lowest BCUT2D eigenvalue weighted by Gasteiger charge is -2.11. The normalized spacial score (nSPS) is 10.3. The molecule has 0 unspecified atom stereocenters. The SMILES string of the molecule is [Si][Si]N([Si][Si])[Si][Si]. The molecule has 0 saturated heterocycles. The average molecular weight is 183 g/mol. The van der Waals surface area contributed by atoms with Crippen LogP contribution in [-0.2, 0) is 0 Å². The van der Waals surface area contributed by atoms with Crippen molar-refractivity contribution in [2.75, 3.05) is 0 Å². The fourth-order valence-corrected chi connectivity index (χ4v) is 6.79. The molecule has 0 bridgehead atoms. The summed E-state index contributed by atoms with van der Waals surface area (Å²) < 4.78 is 2.20. The maximum absolute atomic E-state index is 3.39. The topological polar surface area (TPSA) is 3.24 Å². The highest BCUT2D eigenvalue weighted by Crippen LogP contribution is 1.65. The summed E-state index contributed by atoms with van der Waals surface area (Å²) in [5.41, 5.74) is 0. The summed E-state index contributed by atoms with van der Waals surface area (Å²) >= 11 is 0. The van der Waals surface area contributed by atoms with Gasteiger partial charge in [-0.2, -0.15) is 0 Å². The number of hydrogen-bond donors (Lipinski definition) is 0. The third-order valence-corrected chi connectivity index (χ3v) is 9.06. The molecular weight excluding hydrogens is 183 g/mol. The first-order valence-electron chi connectivity index (χ1n) is 1.42. The van der Waals surface area contributed by atoms with Crippen LogP contribution in [0.1, 0.15) is 0 Å². The van der Waals surface area contributed by atoms with Gasteiger partial charge in [-0.05, 0) is 0 Å². The molecule has 0 atom stereocenters. The molecular formula is NSi6. The van der Waals surface area contributed by atoms with Crippen molar-refractivity contribution in [1.29, 1.82) is 0 Å². The maximum atomic E-state index is 3.39. The molecule has 0 amide bonds. The van der Waals surface area contributed by atoms with E-state index in [1.807, 2.05) is 0 Å². The third kappa shape index (κ3) is 3.81. The van der Waals surface area contributed by atoms with Gasteiger partial charge in [0, 0.05) is 29.3 Å². The van der Waals surface area contributed by atoms with Crippen molar-refractivity contribution in [3.8, 4) is 0 Å². The monoisotopic (exact) mass is 182 g/mol. The molecule has 0 aromatic rings. The molecule has 0 rings (SSSR count). The zero-order valence-electron chi connectivity index (χ0n) is 3.45. The van der Waals surface area contributed by atoms with E-state index in [0.29, 0.717) is 27.6 Å². The fraction of sp³-hybridized carbons (Fsp3) is 0. The molecule has 15 radical (unpaired) electrons.